The average molecular weight is 384 g/mol. The van der Waals surface area contributed by atoms with Gasteiger partial charge in [-0.3, -0.25) is 4.79 Å². The van der Waals surface area contributed by atoms with E-state index in [4.69, 9.17) is 4.74 Å². The molecule has 2 fully saturated rings. The smallest absolute Gasteiger partial charge is 0.223 e. The summed E-state index contributed by atoms with van der Waals surface area (Å²) >= 11 is 0. The minimum absolute atomic E-state index is 0.0175. The van der Waals surface area contributed by atoms with Crippen LogP contribution in [0, 0.1) is 11.7 Å². The number of hydrogen-bond acceptors (Lipinski definition) is 4. The molecule has 2 aliphatic rings. The van der Waals surface area contributed by atoms with Gasteiger partial charge in [-0.05, 0) is 43.4 Å². The number of hydrogen-bond donors (Lipinski definition) is 1. The van der Waals surface area contributed by atoms with Crippen LogP contribution in [0.25, 0.3) is 0 Å². The molecule has 3 rings (SSSR count). The van der Waals surface area contributed by atoms with Crippen LogP contribution in [0.15, 0.2) is 24.3 Å². The molecule has 1 amide bonds. The lowest BCUT2D eigenvalue weighted by Gasteiger charge is -2.30. The van der Waals surface area contributed by atoms with Gasteiger partial charge in [0.2, 0.25) is 15.9 Å². The molecule has 2 heterocycles. The summed E-state index contributed by atoms with van der Waals surface area (Å²) < 4.78 is 44.9. The van der Waals surface area contributed by atoms with Gasteiger partial charge in [-0.25, -0.2) is 17.1 Å². The highest BCUT2D eigenvalue weighted by Crippen LogP contribution is 2.22. The minimum atomic E-state index is -3.46. The SMILES string of the molecule is O=C(NC[C@@H]1CCCO1)C1CCN(S(=O)(=O)Cc2ccc(F)cc2)CC1. The minimum Gasteiger partial charge on any atom is -0.376 e. The number of nitrogens with one attached hydrogen (secondary N) is 1. The van der Waals surface area contributed by atoms with Crippen molar-refractivity contribution in [3.05, 3.63) is 35.6 Å². The molecule has 0 aliphatic carbocycles. The zero-order valence-corrected chi connectivity index (χ0v) is 15.5. The third kappa shape index (κ3) is 5.02. The van der Waals surface area contributed by atoms with Crippen LogP contribution in [0.5, 0.6) is 0 Å². The van der Waals surface area contributed by atoms with Crippen LogP contribution in [0.3, 0.4) is 0 Å². The summed E-state index contributed by atoms with van der Waals surface area (Å²) in [6.45, 7) is 1.95. The van der Waals surface area contributed by atoms with E-state index >= 15 is 0 Å². The molecule has 0 aromatic heterocycles. The van der Waals surface area contributed by atoms with Gasteiger partial charge in [0.05, 0.1) is 11.9 Å². The molecule has 1 N–H and O–H groups in total. The summed E-state index contributed by atoms with van der Waals surface area (Å²) in [5.41, 5.74) is 0.558. The largest absolute Gasteiger partial charge is 0.376 e. The Kier molecular flexibility index (Phi) is 6.26. The number of amides is 1. The first-order valence-electron chi connectivity index (χ1n) is 9.05. The summed E-state index contributed by atoms with van der Waals surface area (Å²) in [6, 6.07) is 5.49. The molecule has 0 spiro atoms. The molecule has 0 radical (unpaired) electrons. The molecule has 2 saturated heterocycles. The van der Waals surface area contributed by atoms with E-state index in [0.29, 0.717) is 38.0 Å². The number of piperidine rings is 1. The first-order valence-corrected chi connectivity index (χ1v) is 10.7. The standard InChI is InChI=1S/C18H25FN2O4S/c19-16-5-3-14(4-6-16)13-26(23,24)21-9-7-15(8-10-21)18(22)20-12-17-2-1-11-25-17/h3-6,15,17H,1-2,7-13H2,(H,20,22)/t17-/m0/s1. The van der Waals surface area contributed by atoms with Crippen molar-refractivity contribution in [2.24, 2.45) is 5.92 Å². The van der Waals surface area contributed by atoms with Crippen molar-refractivity contribution >= 4 is 15.9 Å². The second-order valence-corrected chi connectivity index (χ2v) is 8.91. The van der Waals surface area contributed by atoms with Gasteiger partial charge in [-0.2, -0.15) is 0 Å². The first kappa shape index (κ1) is 19.3. The van der Waals surface area contributed by atoms with E-state index < -0.39 is 10.0 Å². The zero-order valence-electron chi connectivity index (χ0n) is 14.7. The Morgan fingerprint density at radius 3 is 2.50 bits per heavy atom. The van der Waals surface area contributed by atoms with E-state index in [-0.39, 0.29) is 29.5 Å². The highest BCUT2D eigenvalue weighted by atomic mass is 32.2. The van der Waals surface area contributed by atoms with Crippen molar-refractivity contribution in [3.63, 3.8) is 0 Å². The number of benzene rings is 1. The lowest BCUT2D eigenvalue weighted by molar-refractivity contribution is -0.126. The topological polar surface area (TPSA) is 75.7 Å². The van der Waals surface area contributed by atoms with Crippen molar-refractivity contribution < 1.29 is 22.3 Å². The number of carbonyl (C=O) groups excluding carboxylic acids is 1. The predicted molar refractivity (Wildman–Crippen MR) is 95.3 cm³/mol. The molecule has 0 saturated carbocycles. The van der Waals surface area contributed by atoms with E-state index in [2.05, 4.69) is 5.32 Å². The molecule has 6 nitrogen and oxygen atoms in total. The molecule has 0 bridgehead atoms. The molecule has 8 heteroatoms. The van der Waals surface area contributed by atoms with Gasteiger partial charge in [-0.1, -0.05) is 12.1 Å². The van der Waals surface area contributed by atoms with Crippen LogP contribution in [0.4, 0.5) is 4.39 Å². The van der Waals surface area contributed by atoms with Crippen LogP contribution in [0.1, 0.15) is 31.2 Å². The highest BCUT2D eigenvalue weighted by Gasteiger charge is 2.31. The molecule has 1 atom stereocenters. The van der Waals surface area contributed by atoms with Crippen molar-refractivity contribution in [3.8, 4) is 0 Å². The Bertz CT molecular complexity index is 709. The van der Waals surface area contributed by atoms with E-state index in [1.807, 2.05) is 0 Å². The van der Waals surface area contributed by atoms with Crippen LogP contribution >= 0.6 is 0 Å². The molecule has 1 aromatic carbocycles. The van der Waals surface area contributed by atoms with E-state index in [0.717, 1.165) is 19.4 Å². The number of halogens is 1. The monoisotopic (exact) mass is 384 g/mol. The second-order valence-electron chi connectivity index (χ2n) is 6.94. The van der Waals surface area contributed by atoms with E-state index in [9.17, 15) is 17.6 Å². The molecular formula is C18H25FN2O4S. The predicted octanol–water partition coefficient (Wildman–Crippen LogP) is 1.66. The fraction of sp³-hybridized carbons (Fsp3) is 0.611. The maximum atomic E-state index is 12.9. The maximum absolute atomic E-state index is 12.9. The summed E-state index contributed by atoms with van der Waals surface area (Å²) in [5.74, 6) is -0.714. The molecule has 2 aliphatic heterocycles. The number of carbonyl (C=O) groups is 1. The summed E-state index contributed by atoms with van der Waals surface area (Å²) in [7, 11) is -3.46. The van der Waals surface area contributed by atoms with Crippen molar-refractivity contribution in [2.45, 2.75) is 37.5 Å². The molecule has 144 valence electrons. The zero-order chi connectivity index (χ0) is 18.6. The Labute approximate surface area is 153 Å². The first-order chi connectivity index (χ1) is 12.4. The van der Waals surface area contributed by atoms with Gasteiger partial charge in [-0.15, -0.1) is 0 Å². The summed E-state index contributed by atoms with van der Waals surface area (Å²) in [4.78, 5) is 12.3. The van der Waals surface area contributed by atoms with Crippen molar-refractivity contribution in [1.29, 1.82) is 0 Å². The van der Waals surface area contributed by atoms with Crippen molar-refractivity contribution in [1.82, 2.24) is 9.62 Å². The number of rotatable bonds is 6. The maximum Gasteiger partial charge on any atom is 0.223 e. The van der Waals surface area contributed by atoms with Gasteiger partial charge in [0.25, 0.3) is 0 Å². The average Bonchev–Trinajstić information content (AvgIpc) is 3.15. The molecule has 0 unspecified atom stereocenters. The van der Waals surface area contributed by atoms with Crippen LogP contribution < -0.4 is 5.32 Å². The summed E-state index contributed by atoms with van der Waals surface area (Å²) in [6.07, 6.45) is 3.14. The third-order valence-electron chi connectivity index (χ3n) is 5.01. The lowest BCUT2D eigenvalue weighted by atomic mass is 9.97. The third-order valence-corrected chi connectivity index (χ3v) is 6.86. The molecule has 1 aromatic rings. The van der Waals surface area contributed by atoms with Gasteiger partial charge in [0.1, 0.15) is 5.82 Å². The van der Waals surface area contributed by atoms with Crippen LogP contribution in [-0.4, -0.2) is 51.0 Å². The Morgan fingerprint density at radius 1 is 1.19 bits per heavy atom. The number of nitrogens with zero attached hydrogens (tertiary/aromatic N) is 1. The number of ether oxygens (including phenoxy) is 1. The van der Waals surface area contributed by atoms with Gasteiger partial charge in [0.15, 0.2) is 0 Å². The van der Waals surface area contributed by atoms with Gasteiger partial charge >= 0.3 is 0 Å². The van der Waals surface area contributed by atoms with Gasteiger partial charge < -0.3 is 10.1 Å². The normalized spacial score (nSPS) is 22.4. The van der Waals surface area contributed by atoms with Crippen LogP contribution in [0.2, 0.25) is 0 Å². The Balaban J connectivity index is 1.47. The number of sulfonamides is 1. The highest BCUT2D eigenvalue weighted by molar-refractivity contribution is 7.88. The lowest BCUT2D eigenvalue weighted by Crippen LogP contribution is -2.44. The van der Waals surface area contributed by atoms with Crippen LogP contribution in [-0.2, 0) is 25.3 Å². The van der Waals surface area contributed by atoms with Gasteiger partial charge in [0, 0.05) is 32.2 Å². The fourth-order valence-electron chi connectivity index (χ4n) is 3.44. The fourth-order valence-corrected chi connectivity index (χ4v) is 5.01. The van der Waals surface area contributed by atoms with E-state index in [1.165, 1.54) is 28.6 Å². The quantitative estimate of drug-likeness (QED) is 0.809. The summed E-state index contributed by atoms with van der Waals surface area (Å²) in [5, 5.41) is 2.93. The van der Waals surface area contributed by atoms with E-state index in [1.54, 1.807) is 0 Å². The second kappa shape index (κ2) is 8.45. The van der Waals surface area contributed by atoms with Crippen molar-refractivity contribution in [2.75, 3.05) is 26.2 Å². The Hall–Kier alpha value is -1.51. The Morgan fingerprint density at radius 2 is 1.88 bits per heavy atom. The molecular weight excluding hydrogens is 359 g/mol. The molecule has 26 heavy (non-hydrogen) atoms.